The molecule has 0 heterocycles. The number of aliphatic carboxylic acids is 1. The zero-order valence-corrected chi connectivity index (χ0v) is 5.92. The molecule has 0 saturated carbocycles. The monoisotopic (exact) mass is 140 g/mol. The van der Waals surface area contributed by atoms with E-state index in [0.29, 0.717) is 0 Å². The summed E-state index contributed by atoms with van der Waals surface area (Å²) in [6.07, 6.45) is 7.40. The van der Waals surface area contributed by atoms with E-state index in [1.165, 1.54) is 6.08 Å². The van der Waals surface area contributed by atoms with E-state index in [-0.39, 0.29) is 0 Å². The van der Waals surface area contributed by atoms with Gasteiger partial charge in [-0.1, -0.05) is 12.2 Å². The van der Waals surface area contributed by atoms with Crippen molar-refractivity contribution in [2.45, 2.75) is 19.3 Å². The highest BCUT2D eigenvalue weighted by Crippen LogP contribution is 1.95. The van der Waals surface area contributed by atoms with Gasteiger partial charge in [0.05, 0.1) is 0 Å². The van der Waals surface area contributed by atoms with Gasteiger partial charge < -0.3 is 5.11 Å². The van der Waals surface area contributed by atoms with Crippen LogP contribution in [0.15, 0.2) is 24.8 Å². The van der Waals surface area contributed by atoms with E-state index >= 15 is 0 Å². The third kappa shape index (κ3) is 6.95. The minimum absolute atomic E-state index is 0.818. The van der Waals surface area contributed by atoms with Gasteiger partial charge in [0.15, 0.2) is 0 Å². The summed E-state index contributed by atoms with van der Waals surface area (Å²) < 4.78 is 0. The molecule has 0 fully saturated rings. The summed E-state index contributed by atoms with van der Waals surface area (Å²) in [5.74, 6) is -0.876. The Labute approximate surface area is 60.9 Å². The van der Waals surface area contributed by atoms with Crippen molar-refractivity contribution >= 4 is 5.97 Å². The van der Waals surface area contributed by atoms with Gasteiger partial charge in [0.2, 0.25) is 0 Å². The van der Waals surface area contributed by atoms with Gasteiger partial charge in [-0.3, -0.25) is 0 Å². The third-order valence-corrected chi connectivity index (χ3v) is 1.04. The normalized spacial score (nSPS) is 10.0. The first-order chi connectivity index (χ1) is 4.77. The average Bonchev–Trinajstić information content (AvgIpc) is 1.87. The van der Waals surface area contributed by atoms with Gasteiger partial charge >= 0.3 is 5.97 Å². The molecular formula is C8H12O2. The molecule has 56 valence electrons. The van der Waals surface area contributed by atoms with Gasteiger partial charge in [-0.05, 0) is 19.3 Å². The fraction of sp³-hybridized carbons (Fsp3) is 0.375. The molecule has 0 aromatic carbocycles. The number of hydrogen-bond acceptors (Lipinski definition) is 1. The van der Waals surface area contributed by atoms with Crippen molar-refractivity contribution in [3.05, 3.63) is 24.8 Å². The summed E-state index contributed by atoms with van der Waals surface area (Å²) >= 11 is 0. The molecule has 0 aromatic rings. The fourth-order valence-electron chi connectivity index (χ4n) is 0.564. The SMILES string of the molecule is C=CCCC/C=C\C(=O)O. The Bertz CT molecular complexity index is 136. The molecule has 0 atom stereocenters. The molecule has 0 radical (unpaired) electrons. The van der Waals surface area contributed by atoms with Crippen LogP contribution in [0.25, 0.3) is 0 Å². The first-order valence-electron chi connectivity index (χ1n) is 3.27. The Balaban J connectivity index is 3.18. The molecule has 0 aromatic heterocycles. The van der Waals surface area contributed by atoms with Crippen LogP contribution in [-0.4, -0.2) is 11.1 Å². The van der Waals surface area contributed by atoms with Crippen LogP contribution in [-0.2, 0) is 4.79 Å². The van der Waals surface area contributed by atoms with Gasteiger partial charge in [-0.2, -0.15) is 0 Å². The number of carbonyl (C=O) groups is 1. The molecule has 0 unspecified atom stereocenters. The van der Waals surface area contributed by atoms with E-state index in [0.717, 1.165) is 19.3 Å². The molecule has 2 nitrogen and oxygen atoms in total. The molecule has 0 rings (SSSR count). The number of unbranched alkanes of at least 4 members (excludes halogenated alkanes) is 2. The minimum atomic E-state index is -0.876. The van der Waals surface area contributed by atoms with Gasteiger partial charge in [-0.15, -0.1) is 6.58 Å². The van der Waals surface area contributed by atoms with Crippen LogP contribution in [0.3, 0.4) is 0 Å². The van der Waals surface area contributed by atoms with Crippen molar-refractivity contribution in [3.8, 4) is 0 Å². The second-order valence-corrected chi connectivity index (χ2v) is 1.96. The molecule has 0 spiro atoms. The summed E-state index contributed by atoms with van der Waals surface area (Å²) in [7, 11) is 0. The second-order valence-electron chi connectivity index (χ2n) is 1.96. The molecule has 0 aliphatic heterocycles. The number of carboxylic acids is 1. The number of rotatable bonds is 5. The standard InChI is InChI=1S/C8H12O2/c1-2-3-4-5-6-7-8(9)10/h2,6-7H,1,3-5H2,(H,9,10)/b7-6-. The molecule has 0 amide bonds. The lowest BCUT2D eigenvalue weighted by Crippen LogP contribution is -1.85. The van der Waals surface area contributed by atoms with Gasteiger partial charge in [-0.25, -0.2) is 4.79 Å². The van der Waals surface area contributed by atoms with Crippen LogP contribution in [0.2, 0.25) is 0 Å². The van der Waals surface area contributed by atoms with E-state index < -0.39 is 5.97 Å². The van der Waals surface area contributed by atoms with Gasteiger partial charge in [0, 0.05) is 6.08 Å². The fourth-order valence-corrected chi connectivity index (χ4v) is 0.564. The predicted octanol–water partition coefficient (Wildman–Crippen LogP) is 1.98. The third-order valence-electron chi connectivity index (χ3n) is 1.04. The van der Waals surface area contributed by atoms with E-state index in [4.69, 9.17) is 5.11 Å². The molecule has 0 aliphatic rings. The average molecular weight is 140 g/mol. The van der Waals surface area contributed by atoms with Crippen LogP contribution in [0.4, 0.5) is 0 Å². The van der Waals surface area contributed by atoms with Gasteiger partial charge in [0.25, 0.3) is 0 Å². The summed E-state index contributed by atoms with van der Waals surface area (Å²) in [6, 6.07) is 0. The predicted molar refractivity (Wildman–Crippen MR) is 40.8 cm³/mol. The van der Waals surface area contributed by atoms with E-state index in [2.05, 4.69) is 6.58 Å². The highest BCUT2D eigenvalue weighted by molar-refractivity contribution is 5.79. The van der Waals surface area contributed by atoms with Crippen molar-refractivity contribution in [1.29, 1.82) is 0 Å². The molecule has 0 aliphatic carbocycles. The maximum atomic E-state index is 9.93. The largest absolute Gasteiger partial charge is 0.478 e. The lowest BCUT2D eigenvalue weighted by Gasteiger charge is -1.86. The maximum absolute atomic E-state index is 9.93. The summed E-state index contributed by atoms with van der Waals surface area (Å²) in [5, 5.41) is 8.16. The first-order valence-corrected chi connectivity index (χ1v) is 3.27. The van der Waals surface area contributed by atoms with Crippen LogP contribution in [0.5, 0.6) is 0 Å². The molecule has 0 saturated heterocycles. The molecule has 0 bridgehead atoms. The van der Waals surface area contributed by atoms with Crippen molar-refractivity contribution in [3.63, 3.8) is 0 Å². The number of hydrogen-bond donors (Lipinski definition) is 1. The smallest absolute Gasteiger partial charge is 0.327 e. The Hall–Kier alpha value is -1.05. The van der Waals surface area contributed by atoms with Crippen LogP contribution >= 0.6 is 0 Å². The summed E-state index contributed by atoms with van der Waals surface area (Å²) in [5.41, 5.74) is 0. The van der Waals surface area contributed by atoms with Crippen LogP contribution in [0, 0.1) is 0 Å². The Morgan fingerprint density at radius 3 is 2.70 bits per heavy atom. The van der Waals surface area contributed by atoms with E-state index in [1.54, 1.807) is 6.08 Å². The van der Waals surface area contributed by atoms with Crippen LogP contribution in [0.1, 0.15) is 19.3 Å². The topological polar surface area (TPSA) is 37.3 Å². The van der Waals surface area contributed by atoms with Gasteiger partial charge in [0.1, 0.15) is 0 Å². The Morgan fingerprint density at radius 1 is 1.50 bits per heavy atom. The number of carboxylic acid groups (broad SMARTS) is 1. The molecule has 1 N–H and O–H groups in total. The molecular weight excluding hydrogens is 128 g/mol. The van der Waals surface area contributed by atoms with Crippen molar-refractivity contribution < 1.29 is 9.90 Å². The quantitative estimate of drug-likeness (QED) is 0.360. The Kier molecular flexibility index (Phi) is 5.44. The van der Waals surface area contributed by atoms with E-state index in [1.807, 2.05) is 6.08 Å². The van der Waals surface area contributed by atoms with Crippen LogP contribution < -0.4 is 0 Å². The zero-order valence-electron chi connectivity index (χ0n) is 5.92. The van der Waals surface area contributed by atoms with Crippen molar-refractivity contribution in [1.82, 2.24) is 0 Å². The maximum Gasteiger partial charge on any atom is 0.327 e. The summed E-state index contributed by atoms with van der Waals surface area (Å²) in [6.45, 7) is 3.55. The minimum Gasteiger partial charge on any atom is -0.478 e. The highest BCUT2D eigenvalue weighted by atomic mass is 16.4. The molecule has 2 heteroatoms. The second kappa shape index (κ2) is 6.08. The molecule has 10 heavy (non-hydrogen) atoms. The number of allylic oxidation sites excluding steroid dienone is 2. The van der Waals surface area contributed by atoms with E-state index in [9.17, 15) is 4.79 Å². The van der Waals surface area contributed by atoms with Crippen molar-refractivity contribution in [2.75, 3.05) is 0 Å². The first kappa shape index (κ1) is 8.95. The zero-order chi connectivity index (χ0) is 7.82. The van der Waals surface area contributed by atoms with Crippen molar-refractivity contribution in [2.24, 2.45) is 0 Å². The summed E-state index contributed by atoms with van der Waals surface area (Å²) in [4.78, 5) is 9.93. The Morgan fingerprint density at radius 2 is 2.20 bits per heavy atom. The lowest BCUT2D eigenvalue weighted by molar-refractivity contribution is -0.131. The lowest BCUT2D eigenvalue weighted by atomic mass is 10.2. The highest BCUT2D eigenvalue weighted by Gasteiger charge is 1.83.